The lowest BCUT2D eigenvalue weighted by atomic mass is 10.2. The second-order valence-electron chi connectivity index (χ2n) is 4.66. The molecule has 4 nitrogen and oxygen atoms in total. The van der Waals surface area contributed by atoms with Crippen LogP contribution in [-0.2, 0) is 22.6 Å². The standard InChI is InChI=1S/C16H11Cl2NO3/c17-12-5-3-6-13(18)11(12)9-21-16(20)8-14-10-4-1-2-7-15(10)22-19-14/h1-7H,8-9H2. The molecule has 0 unspecified atom stereocenters. The van der Waals surface area contributed by atoms with E-state index in [4.69, 9.17) is 32.5 Å². The topological polar surface area (TPSA) is 52.3 Å². The van der Waals surface area contributed by atoms with E-state index in [2.05, 4.69) is 5.16 Å². The van der Waals surface area contributed by atoms with Gasteiger partial charge in [0, 0.05) is 21.0 Å². The predicted molar refractivity (Wildman–Crippen MR) is 84.0 cm³/mol. The number of halogens is 2. The Morgan fingerprint density at radius 1 is 1.09 bits per heavy atom. The first-order valence-electron chi connectivity index (χ1n) is 6.57. The van der Waals surface area contributed by atoms with Crippen molar-refractivity contribution in [3.63, 3.8) is 0 Å². The van der Waals surface area contributed by atoms with Crippen LogP contribution in [0.2, 0.25) is 10.0 Å². The molecule has 0 aliphatic heterocycles. The van der Waals surface area contributed by atoms with Crippen molar-refractivity contribution in [3.05, 3.63) is 63.8 Å². The second-order valence-corrected chi connectivity index (χ2v) is 5.48. The highest BCUT2D eigenvalue weighted by molar-refractivity contribution is 6.35. The van der Waals surface area contributed by atoms with Crippen molar-refractivity contribution in [1.82, 2.24) is 5.16 Å². The summed E-state index contributed by atoms with van der Waals surface area (Å²) < 4.78 is 10.4. The molecule has 0 saturated carbocycles. The molecule has 6 heteroatoms. The Kier molecular flexibility index (Phi) is 4.32. The summed E-state index contributed by atoms with van der Waals surface area (Å²) >= 11 is 12.1. The molecule has 1 heterocycles. The minimum absolute atomic E-state index is 0.0210. The van der Waals surface area contributed by atoms with Gasteiger partial charge in [0.25, 0.3) is 0 Å². The van der Waals surface area contributed by atoms with Crippen LogP contribution in [0.3, 0.4) is 0 Å². The van der Waals surface area contributed by atoms with Gasteiger partial charge in [0.2, 0.25) is 0 Å². The molecule has 0 aliphatic rings. The quantitative estimate of drug-likeness (QED) is 0.662. The SMILES string of the molecule is O=C(Cc1noc2ccccc12)OCc1c(Cl)cccc1Cl. The molecule has 0 spiro atoms. The van der Waals surface area contributed by atoms with Crippen LogP contribution < -0.4 is 0 Å². The Balaban J connectivity index is 1.68. The maximum atomic E-state index is 12.0. The third-order valence-corrected chi connectivity index (χ3v) is 3.91. The van der Waals surface area contributed by atoms with E-state index in [1.165, 1.54) is 0 Å². The Bertz CT molecular complexity index is 809. The van der Waals surface area contributed by atoms with Gasteiger partial charge in [0.1, 0.15) is 12.3 Å². The van der Waals surface area contributed by atoms with Crippen molar-refractivity contribution < 1.29 is 14.1 Å². The number of hydrogen-bond acceptors (Lipinski definition) is 4. The Morgan fingerprint density at radius 3 is 2.59 bits per heavy atom. The van der Waals surface area contributed by atoms with Crippen LogP contribution in [0.4, 0.5) is 0 Å². The largest absolute Gasteiger partial charge is 0.460 e. The zero-order valence-corrected chi connectivity index (χ0v) is 12.9. The Morgan fingerprint density at radius 2 is 1.82 bits per heavy atom. The van der Waals surface area contributed by atoms with Crippen molar-refractivity contribution in [2.45, 2.75) is 13.0 Å². The highest BCUT2D eigenvalue weighted by Crippen LogP contribution is 2.25. The molecule has 0 radical (unpaired) electrons. The summed E-state index contributed by atoms with van der Waals surface area (Å²) in [6, 6.07) is 12.5. The molecule has 2 aromatic carbocycles. The summed E-state index contributed by atoms with van der Waals surface area (Å²) in [5.74, 6) is -0.421. The maximum Gasteiger partial charge on any atom is 0.312 e. The van der Waals surface area contributed by atoms with Crippen LogP contribution in [0.1, 0.15) is 11.3 Å². The lowest BCUT2D eigenvalue weighted by Gasteiger charge is -2.07. The molecule has 0 bridgehead atoms. The third kappa shape index (κ3) is 3.08. The van der Waals surface area contributed by atoms with Gasteiger partial charge in [-0.1, -0.05) is 46.6 Å². The van der Waals surface area contributed by atoms with Gasteiger partial charge in [-0.2, -0.15) is 0 Å². The molecule has 112 valence electrons. The van der Waals surface area contributed by atoms with Gasteiger partial charge < -0.3 is 9.26 Å². The number of esters is 1. The monoisotopic (exact) mass is 335 g/mol. The lowest BCUT2D eigenvalue weighted by Crippen LogP contribution is -2.09. The van der Waals surface area contributed by atoms with Crippen molar-refractivity contribution in [2.24, 2.45) is 0 Å². The number of carbonyl (C=O) groups excluding carboxylic acids is 1. The van der Waals surface area contributed by atoms with Crippen molar-refractivity contribution in [1.29, 1.82) is 0 Å². The number of benzene rings is 2. The normalized spacial score (nSPS) is 10.8. The van der Waals surface area contributed by atoms with Gasteiger partial charge in [-0.25, -0.2) is 0 Å². The Hall–Kier alpha value is -2.04. The van der Waals surface area contributed by atoms with Crippen LogP contribution in [-0.4, -0.2) is 11.1 Å². The van der Waals surface area contributed by atoms with Crippen molar-refractivity contribution in [3.8, 4) is 0 Å². The van der Waals surface area contributed by atoms with Crippen LogP contribution in [0.15, 0.2) is 47.0 Å². The van der Waals surface area contributed by atoms with Gasteiger partial charge in [0.15, 0.2) is 5.58 Å². The second kappa shape index (κ2) is 6.38. The van der Waals surface area contributed by atoms with Crippen molar-refractivity contribution in [2.75, 3.05) is 0 Å². The highest BCUT2D eigenvalue weighted by Gasteiger charge is 2.14. The first-order chi connectivity index (χ1) is 10.6. The number of para-hydroxylation sites is 1. The van der Waals surface area contributed by atoms with E-state index >= 15 is 0 Å². The van der Waals surface area contributed by atoms with E-state index in [9.17, 15) is 4.79 Å². The van der Waals surface area contributed by atoms with Crippen LogP contribution in [0.5, 0.6) is 0 Å². The summed E-state index contributed by atoms with van der Waals surface area (Å²) in [4.78, 5) is 12.0. The summed E-state index contributed by atoms with van der Waals surface area (Å²) in [5, 5.41) is 5.63. The fourth-order valence-corrected chi connectivity index (χ4v) is 2.58. The van der Waals surface area contributed by atoms with Gasteiger partial charge in [-0.15, -0.1) is 0 Å². The van der Waals surface area contributed by atoms with Gasteiger partial charge in [-0.05, 0) is 24.3 Å². The number of hydrogen-bond donors (Lipinski definition) is 0. The fourth-order valence-electron chi connectivity index (χ4n) is 2.08. The summed E-state index contributed by atoms with van der Waals surface area (Å²) in [7, 11) is 0. The zero-order valence-electron chi connectivity index (χ0n) is 11.4. The molecule has 0 saturated heterocycles. The average molecular weight is 336 g/mol. The van der Waals surface area contributed by atoms with Crippen LogP contribution in [0, 0.1) is 0 Å². The van der Waals surface area contributed by atoms with E-state index in [0.29, 0.717) is 26.9 Å². The molecule has 3 aromatic rings. The number of rotatable bonds is 4. The molecule has 3 rings (SSSR count). The minimum Gasteiger partial charge on any atom is -0.460 e. The van der Waals surface area contributed by atoms with E-state index in [1.807, 2.05) is 18.2 Å². The van der Waals surface area contributed by atoms with Gasteiger partial charge in [0.05, 0.1) is 6.42 Å². The molecule has 22 heavy (non-hydrogen) atoms. The molecule has 0 fully saturated rings. The van der Waals surface area contributed by atoms with Gasteiger partial charge in [-0.3, -0.25) is 4.79 Å². The van der Waals surface area contributed by atoms with Crippen LogP contribution >= 0.6 is 23.2 Å². The number of nitrogens with zero attached hydrogens (tertiary/aromatic N) is 1. The van der Waals surface area contributed by atoms with E-state index in [0.717, 1.165) is 5.39 Å². The summed E-state index contributed by atoms with van der Waals surface area (Å²) in [5.41, 5.74) is 1.77. The fraction of sp³-hybridized carbons (Fsp3) is 0.125. The summed E-state index contributed by atoms with van der Waals surface area (Å²) in [6.45, 7) is 0.0210. The van der Waals surface area contributed by atoms with E-state index < -0.39 is 5.97 Å². The molecular formula is C16H11Cl2NO3. The van der Waals surface area contributed by atoms with E-state index in [-0.39, 0.29) is 13.0 Å². The molecule has 0 aliphatic carbocycles. The number of aromatic nitrogens is 1. The maximum absolute atomic E-state index is 12.0. The first kappa shape index (κ1) is 14.9. The number of carbonyl (C=O) groups is 1. The van der Waals surface area contributed by atoms with E-state index in [1.54, 1.807) is 24.3 Å². The van der Waals surface area contributed by atoms with Crippen molar-refractivity contribution >= 4 is 40.1 Å². The molecular weight excluding hydrogens is 325 g/mol. The number of ether oxygens (including phenoxy) is 1. The third-order valence-electron chi connectivity index (χ3n) is 3.20. The molecule has 1 aromatic heterocycles. The highest BCUT2D eigenvalue weighted by atomic mass is 35.5. The Labute approximate surface area is 136 Å². The zero-order chi connectivity index (χ0) is 15.5. The molecule has 0 atom stereocenters. The smallest absolute Gasteiger partial charge is 0.312 e. The molecule has 0 N–H and O–H groups in total. The summed E-state index contributed by atoms with van der Waals surface area (Å²) in [6.07, 6.45) is 0.0269. The number of fused-ring (bicyclic) bond motifs is 1. The molecule has 0 amide bonds. The predicted octanol–water partition coefficient (Wildman–Crippen LogP) is 4.42. The minimum atomic E-state index is -0.421. The average Bonchev–Trinajstić information content (AvgIpc) is 2.90. The lowest BCUT2D eigenvalue weighted by molar-refractivity contribution is -0.144. The first-order valence-corrected chi connectivity index (χ1v) is 7.32. The van der Waals surface area contributed by atoms with Crippen LogP contribution in [0.25, 0.3) is 11.0 Å². The van der Waals surface area contributed by atoms with Gasteiger partial charge >= 0.3 is 5.97 Å².